The highest BCUT2D eigenvalue weighted by Gasteiger charge is 2.24. The topological polar surface area (TPSA) is 104 Å². The molecular weight excluding hydrogens is 426 g/mol. The SMILES string of the molecule is CCCCCCC/C=C/C(O)C(CS(=O)(=O)O)NC(=O)CCCCCCCCCCCC. The van der Waals surface area contributed by atoms with Crippen LogP contribution < -0.4 is 5.32 Å². The molecule has 32 heavy (non-hydrogen) atoms. The fourth-order valence-electron chi connectivity index (χ4n) is 3.74. The molecule has 1 amide bonds. The molecule has 2 atom stereocenters. The highest BCUT2D eigenvalue weighted by Crippen LogP contribution is 2.12. The minimum atomic E-state index is -4.31. The van der Waals surface area contributed by atoms with Crippen molar-refractivity contribution >= 4 is 16.0 Å². The Hall–Kier alpha value is -0.920. The molecule has 0 aromatic carbocycles. The van der Waals surface area contributed by atoms with Crippen LogP contribution in [0.3, 0.4) is 0 Å². The molecule has 0 radical (unpaired) electrons. The number of hydrogen-bond acceptors (Lipinski definition) is 4. The summed E-state index contributed by atoms with van der Waals surface area (Å²) in [5.41, 5.74) is 0. The minimum absolute atomic E-state index is 0.287. The van der Waals surface area contributed by atoms with E-state index < -0.39 is 28.0 Å². The second-order valence-corrected chi connectivity index (χ2v) is 10.5. The van der Waals surface area contributed by atoms with E-state index in [1.165, 1.54) is 70.3 Å². The van der Waals surface area contributed by atoms with Gasteiger partial charge in [-0.05, 0) is 19.3 Å². The van der Waals surface area contributed by atoms with Gasteiger partial charge in [-0.1, -0.05) is 109 Å². The van der Waals surface area contributed by atoms with Crippen molar-refractivity contribution in [2.24, 2.45) is 0 Å². The number of carbonyl (C=O) groups excluding carboxylic acids is 1. The number of rotatable bonds is 22. The third-order valence-electron chi connectivity index (χ3n) is 5.71. The van der Waals surface area contributed by atoms with Gasteiger partial charge in [-0.2, -0.15) is 8.42 Å². The summed E-state index contributed by atoms with van der Waals surface area (Å²) in [7, 11) is -4.31. The normalized spacial score (nSPS) is 14.0. The lowest BCUT2D eigenvalue weighted by atomic mass is 10.1. The van der Waals surface area contributed by atoms with Crippen molar-refractivity contribution in [3.63, 3.8) is 0 Å². The van der Waals surface area contributed by atoms with Crippen LogP contribution in [0, 0.1) is 0 Å². The lowest BCUT2D eigenvalue weighted by molar-refractivity contribution is -0.122. The monoisotopic (exact) mass is 475 g/mol. The molecule has 0 aliphatic heterocycles. The molecule has 0 aromatic heterocycles. The van der Waals surface area contributed by atoms with Crippen LogP contribution in [0.25, 0.3) is 0 Å². The van der Waals surface area contributed by atoms with E-state index in [0.29, 0.717) is 6.42 Å². The summed E-state index contributed by atoms with van der Waals surface area (Å²) in [6.45, 7) is 4.38. The van der Waals surface area contributed by atoms with Gasteiger partial charge in [0.25, 0.3) is 10.1 Å². The Balaban J connectivity index is 4.19. The van der Waals surface area contributed by atoms with Gasteiger partial charge in [0.05, 0.1) is 17.9 Å². The lowest BCUT2D eigenvalue weighted by Gasteiger charge is -2.21. The fraction of sp³-hybridized carbons (Fsp3) is 0.880. The first-order valence-corrected chi connectivity index (χ1v) is 14.5. The van der Waals surface area contributed by atoms with Crippen LogP contribution in [0.15, 0.2) is 12.2 Å². The Bertz CT molecular complexity index is 577. The Kier molecular flexibility index (Phi) is 20.1. The first-order valence-electron chi connectivity index (χ1n) is 12.9. The predicted molar refractivity (Wildman–Crippen MR) is 133 cm³/mol. The lowest BCUT2D eigenvalue weighted by Crippen LogP contribution is -2.46. The van der Waals surface area contributed by atoms with Crippen molar-refractivity contribution < 1.29 is 22.9 Å². The van der Waals surface area contributed by atoms with Gasteiger partial charge in [0, 0.05) is 6.42 Å². The van der Waals surface area contributed by atoms with Gasteiger partial charge in [-0.3, -0.25) is 9.35 Å². The fourth-order valence-corrected chi connectivity index (χ4v) is 4.47. The van der Waals surface area contributed by atoms with Crippen molar-refractivity contribution in [3.05, 3.63) is 12.2 Å². The molecule has 0 spiro atoms. The highest BCUT2D eigenvalue weighted by atomic mass is 32.2. The number of aliphatic hydroxyl groups is 1. The quantitative estimate of drug-likeness (QED) is 0.102. The molecular formula is C25H49NO5S. The molecule has 6 nitrogen and oxygen atoms in total. The molecule has 0 fully saturated rings. The smallest absolute Gasteiger partial charge is 0.267 e. The van der Waals surface area contributed by atoms with Gasteiger partial charge in [0.1, 0.15) is 0 Å². The largest absolute Gasteiger partial charge is 0.387 e. The van der Waals surface area contributed by atoms with Crippen LogP contribution in [0.4, 0.5) is 0 Å². The van der Waals surface area contributed by atoms with E-state index in [-0.39, 0.29) is 5.91 Å². The molecule has 3 N–H and O–H groups in total. The van der Waals surface area contributed by atoms with E-state index in [2.05, 4.69) is 19.2 Å². The number of amides is 1. The molecule has 0 bridgehead atoms. The van der Waals surface area contributed by atoms with Crippen molar-refractivity contribution in [1.29, 1.82) is 0 Å². The van der Waals surface area contributed by atoms with Gasteiger partial charge < -0.3 is 10.4 Å². The zero-order valence-corrected chi connectivity index (χ0v) is 21.4. The number of allylic oxidation sites excluding steroid dienone is 1. The van der Waals surface area contributed by atoms with Crippen molar-refractivity contribution in [2.75, 3.05) is 5.75 Å². The van der Waals surface area contributed by atoms with Gasteiger partial charge in [0.2, 0.25) is 5.91 Å². The zero-order chi connectivity index (χ0) is 24.1. The molecule has 0 heterocycles. The van der Waals surface area contributed by atoms with E-state index in [1.54, 1.807) is 0 Å². The highest BCUT2D eigenvalue weighted by molar-refractivity contribution is 7.85. The van der Waals surface area contributed by atoms with Crippen LogP contribution in [-0.4, -0.2) is 41.9 Å². The van der Waals surface area contributed by atoms with Gasteiger partial charge >= 0.3 is 0 Å². The van der Waals surface area contributed by atoms with Crippen LogP contribution in [0.5, 0.6) is 0 Å². The standard InChI is InChI=1S/C25H49NO5S/c1-3-5-7-9-11-12-13-15-17-19-21-25(28)26-23(22-32(29,30)31)24(27)20-18-16-14-10-8-6-4-2/h18,20,23-24,27H,3-17,19,21-22H2,1-2H3,(H,26,28)(H,29,30,31)/b20-18+. The molecule has 0 saturated heterocycles. The maximum atomic E-state index is 12.2. The van der Waals surface area contributed by atoms with E-state index in [1.807, 2.05) is 6.08 Å². The summed E-state index contributed by atoms with van der Waals surface area (Å²) < 4.78 is 31.8. The Morgan fingerprint density at radius 1 is 0.812 bits per heavy atom. The Labute approximate surface area is 197 Å². The van der Waals surface area contributed by atoms with E-state index in [0.717, 1.165) is 38.5 Å². The molecule has 0 rings (SSSR count). The van der Waals surface area contributed by atoms with Crippen molar-refractivity contribution in [3.8, 4) is 0 Å². The Morgan fingerprint density at radius 2 is 1.28 bits per heavy atom. The number of aliphatic hydroxyl groups excluding tert-OH is 1. The molecule has 2 unspecified atom stereocenters. The van der Waals surface area contributed by atoms with E-state index >= 15 is 0 Å². The second-order valence-electron chi connectivity index (χ2n) is 8.98. The summed E-state index contributed by atoms with van der Waals surface area (Å²) in [6.07, 6.45) is 20.7. The molecule has 0 aromatic rings. The summed E-state index contributed by atoms with van der Waals surface area (Å²) in [5, 5.41) is 12.9. The van der Waals surface area contributed by atoms with E-state index in [4.69, 9.17) is 0 Å². The van der Waals surface area contributed by atoms with Crippen LogP contribution in [-0.2, 0) is 14.9 Å². The molecule has 0 aliphatic rings. The number of hydrogen-bond donors (Lipinski definition) is 3. The zero-order valence-electron chi connectivity index (χ0n) is 20.6. The van der Waals surface area contributed by atoms with Crippen LogP contribution in [0.1, 0.15) is 123 Å². The molecule has 7 heteroatoms. The molecule has 0 aliphatic carbocycles. The number of unbranched alkanes of at least 4 members (excludes halogenated alkanes) is 14. The summed E-state index contributed by atoms with van der Waals surface area (Å²) in [5.74, 6) is -0.982. The maximum Gasteiger partial charge on any atom is 0.267 e. The number of nitrogens with one attached hydrogen (secondary N) is 1. The van der Waals surface area contributed by atoms with Crippen LogP contribution >= 0.6 is 0 Å². The third-order valence-corrected chi connectivity index (χ3v) is 6.49. The first-order chi connectivity index (χ1) is 15.3. The van der Waals surface area contributed by atoms with Crippen LogP contribution in [0.2, 0.25) is 0 Å². The first kappa shape index (κ1) is 31.1. The summed E-state index contributed by atoms with van der Waals surface area (Å²) in [4.78, 5) is 12.2. The van der Waals surface area contributed by atoms with Gasteiger partial charge in [-0.15, -0.1) is 0 Å². The second kappa shape index (κ2) is 20.7. The summed E-state index contributed by atoms with van der Waals surface area (Å²) >= 11 is 0. The van der Waals surface area contributed by atoms with E-state index in [9.17, 15) is 22.9 Å². The minimum Gasteiger partial charge on any atom is -0.387 e. The van der Waals surface area contributed by atoms with Gasteiger partial charge in [0.15, 0.2) is 0 Å². The predicted octanol–water partition coefficient (Wildman–Crippen LogP) is 5.95. The Morgan fingerprint density at radius 3 is 1.78 bits per heavy atom. The van der Waals surface area contributed by atoms with Crippen molar-refractivity contribution in [2.45, 2.75) is 135 Å². The summed E-state index contributed by atoms with van der Waals surface area (Å²) in [6, 6.07) is -1.04. The molecule has 0 saturated carbocycles. The van der Waals surface area contributed by atoms with Gasteiger partial charge in [-0.25, -0.2) is 0 Å². The number of carbonyl (C=O) groups is 1. The van der Waals surface area contributed by atoms with Crippen molar-refractivity contribution in [1.82, 2.24) is 5.32 Å². The third kappa shape index (κ3) is 21.0. The maximum absolute atomic E-state index is 12.2. The average molecular weight is 476 g/mol. The molecule has 190 valence electrons. The average Bonchev–Trinajstić information content (AvgIpc) is 2.72.